The number of alkyl halides is 3. The second kappa shape index (κ2) is 6.87. The molecule has 0 aliphatic carbocycles. The molecule has 2 aromatic heterocycles. The maximum absolute atomic E-state index is 13.5. The van der Waals surface area contributed by atoms with E-state index in [0.717, 1.165) is 6.20 Å². The summed E-state index contributed by atoms with van der Waals surface area (Å²) in [5.74, 6) is -0.995. The average molecular weight is 361 g/mol. The summed E-state index contributed by atoms with van der Waals surface area (Å²) in [4.78, 5) is 12.2. The quantitative estimate of drug-likeness (QED) is 0.574. The van der Waals surface area contributed by atoms with Crippen LogP contribution >= 0.6 is 0 Å². The third kappa shape index (κ3) is 3.51. The molecule has 1 N–H and O–H groups in total. The Kier molecular flexibility index (Phi) is 4.61. The van der Waals surface area contributed by atoms with Gasteiger partial charge in [-0.05, 0) is 24.3 Å². The number of amides is 1. The van der Waals surface area contributed by atoms with Crippen LogP contribution in [0.2, 0.25) is 0 Å². The molecule has 2 heterocycles. The first-order chi connectivity index (χ1) is 12.4. The Balaban J connectivity index is 1.90. The molecular weight excluding hydrogens is 347 g/mol. The van der Waals surface area contributed by atoms with Crippen LogP contribution in [0, 0.1) is 0 Å². The minimum Gasteiger partial charge on any atom is -0.350 e. The number of hydrazone groups is 1. The van der Waals surface area contributed by atoms with Crippen LogP contribution in [-0.2, 0) is 13.2 Å². The number of halogens is 3. The van der Waals surface area contributed by atoms with Crippen molar-refractivity contribution < 1.29 is 18.0 Å². The molecule has 0 aliphatic rings. The summed E-state index contributed by atoms with van der Waals surface area (Å²) in [6.45, 7) is 0. The van der Waals surface area contributed by atoms with Gasteiger partial charge in [-0.15, -0.1) is 0 Å². The number of rotatable bonds is 4. The van der Waals surface area contributed by atoms with E-state index in [-0.39, 0.29) is 5.69 Å². The summed E-state index contributed by atoms with van der Waals surface area (Å²) >= 11 is 0. The van der Waals surface area contributed by atoms with Gasteiger partial charge in [0.05, 0.1) is 29.4 Å². The molecule has 0 spiro atoms. The summed E-state index contributed by atoms with van der Waals surface area (Å²) in [5, 5.41) is 7.43. The topological polar surface area (TPSA) is 64.2 Å². The van der Waals surface area contributed by atoms with E-state index < -0.39 is 23.3 Å². The standard InChI is InChI=1S/C17H14F3N5O/c1-24-9-5-8-13(24)10-21-23-16(26)14-11-22-25(15(14)17(18,19)20)12-6-3-2-4-7-12/h2-11H,1H3,(H,23,26). The van der Waals surface area contributed by atoms with E-state index in [2.05, 4.69) is 15.6 Å². The van der Waals surface area contributed by atoms with Crippen molar-refractivity contribution in [2.75, 3.05) is 0 Å². The Morgan fingerprint density at radius 2 is 1.92 bits per heavy atom. The largest absolute Gasteiger partial charge is 0.434 e. The molecule has 134 valence electrons. The lowest BCUT2D eigenvalue weighted by Gasteiger charge is -2.12. The molecule has 0 unspecified atom stereocenters. The Bertz CT molecular complexity index is 941. The van der Waals surface area contributed by atoms with Crippen molar-refractivity contribution in [3.05, 3.63) is 71.8 Å². The Morgan fingerprint density at radius 1 is 1.19 bits per heavy atom. The number of hydrogen-bond acceptors (Lipinski definition) is 3. The van der Waals surface area contributed by atoms with Crippen molar-refractivity contribution in [2.24, 2.45) is 12.1 Å². The summed E-state index contributed by atoms with van der Waals surface area (Å²) in [6.07, 6.45) is -0.772. The van der Waals surface area contributed by atoms with Crippen molar-refractivity contribution in [3.8, 4) is 5.69 Å². The molecule has 1 aromatic carbocycles. The number of carbonyl (C=O) groups is 1. The molecule has 6 nitrogen and oxygen atoms in total. The fourth-order valence-corrected chi connectivity index (χ4v) is 2.38. The second-order valence-corrected chi connectivity index (χ2v) is 5.40. The molecular formula is C17H14F3N5O. The molecule has 0 saturated carbocycles. The number of hydrogen-bond donors (Lipinski definition) is 1. The highest BCUT2D eigenvalue weighted by Crippen LogP contribution is 2.33. The molecule has 0 fully saturated rings. The van der Waals surface area contributed by atoms with E-state index in [4.69, 9.17) is 0 Å². The van der Waals surface area contributed by atoms with Crippen molar-refractivity contribution in [1.29, 1.82) is 0 Å². The van der Waals surface area contributed by atoms with E-state index in [1.54, 1.807) is 48.1 Å². The predicted molar refractivity (Wildman–Crippen MR) is 89.0 cm³/mol. The summed E-state index contributed by atoms with van der Waals surface area (Å²) in [7, 11) is 1.77. The summed E-state index contributed by atoms with van der Waals surface area (Å²) < 4.78 is 42.9. The second-order valence-electron chi connectivity index (χ2n) is 5.40. The van der Waals surface area contributed by atoms with E-state index in [0.29, 0.717) is 10.4 Å². The van der Waals surface area contributed by atoms with Crippen molar-refractivity contribution >= 4 is 12.1 Å². The van der Waals surface area contributed by atoms with Crippen LogP contribution in [-0.4, -0.2) is 26.5 Å². The molecule has 0 atom stereocenters. The Hall–Kier alpha value is -3.36. The first-order valence-corrected chi connectivity index (χ1v) is 7.53. The monoisotopic (exact) mass is 361 g/mol. The highest BCUT2D eigenvalue weighted by atomic mass is 19.4. The van der Waals surface area contributed by atoms with E-state index >= 15 is 0 Å². The maximum atomic E-state index is 13.5. The van der Waals surface area contributed by atoms with Gasteiger partial charge >= 0.3 is 6.18 Å². The number of benzene rings is 1. The van der Waals surface area contributed by atoms with E-state index in [1.165, 1.54) is 18.3 Å². The molecule has 0 radical (unpaired) electrons. The van der Waals surface area contributed by atoms with Gasteiger partial charge in [0.15, 0.2) is 5.69 Å². The molecule has 1 amide bonds. The van der Waals surface area contributed by atoms with Crippen LogP contribution in [0.4, 0.5) is 13.2 Å². The third-order valence-corrected chi connectivity index (χ3v) is 3.63. The van der Waals surface area contributed by atoms with Gasteiger partial charge < -0.3 is 4.57 Å². The molecule has 3 aromatic rings. The lowest BCUT2D eigenvalue weighted by molar-refractivity contribution is -0.143. The normalized spacial score (nSPS) is 11.8. The van der Waals surface area contributed by atoms with Gasteiger partial charge in [-0.2, -0.15) is 23.4 Å². The fourth-order valence-electron chi connectivity index (χ4n) is 2.38. The Labute approximate surface area is 146 Å². The smallest absolute Gasteiger partial charge is 0.350 e. The number of aryl methyl sites for hydroxylation is 1. The minimum absolute atomic E-state index is 0.200. The van der Waals surface area contributed by atoms with Gasteiger partial charge in [0.2, 0.25) is 0 Å². The molecule has 0 aliphatic heterocycles. The minimum atomic E-state index is -4.76. The van der Waals surface area contributed by atoms with Crippen molar-refractivity contribution in [1.82, 2.24) is 19.8 Å². The molecule has 0 saturated heterocycles. The van der Waals surface area contributed by atoms with E-state index in [9.17, 15) is 18.0 Å². The fraction of sp³-hybridized carbons (Fsp3) is 0.118. The lowest BCUT2D eigenvalue weighted by atomic mass is 10.2. The van der Waals surface area contributed by atoms with Gasteiger partial charge in [-0.1, -0.05) is 18.2 Å². The first-order valence-electron chi connectivity index (χ1n) is 7.53. The zero-order valence-corrected chi connectivity index (χ0v) is 13.6. The molecule has 9 heteroatoms. The van der Waals surface area contributed by atoms with E-state index in [1.807, 2.05) is 0 Å². The number of nitrogens with one attached hydrogen (secondary N) is 1. The van der Waals surface area contributed by atoms with Crippen LogP contribution in [0.3, 0.4) is 0 Å². The SMILES string of the molecule is Cn1cccc1C=NNC(=O)c1cnn(-c2ccccc2)c1C(F)(F)F. The maximum Gasteiger partial charge on any atom is 0.434 e. The number of nitrogens with zero attached hydrogens (tertiary/aromatic N) is 4. The number of para-hydroxylation sites is 1. The zero-order chi connectivity index (χ0) is 18.7. The van der Waals surface area contributed by atoms with Gasteiger partial charge in [-0.25, -0.2) is 10.1 Å². The average Bonchev–Trinajstić information content (AvgIpc) is 3.22. The zero-order valence-electron chi connectivity index (χ0n) is 13.6. The summed E-state index contributed by atoms with van der Waals surface area (Å²) in [5.41, 5.74) is 1.22. The van der Waals surface area contributed by atoms with Gasteiger partial charge in [0.25, 0.3) is 5.91 Å². The van der Waals surface area contributed by atoms with Gasteiger partial charge in [0.1, 0.15) is 0 Å². The molecule has 3 rings (SSSR count). The summed E-state index contributed by atoms with van der Waals surface area (Å²) in [6, 6.07) is 11.3. The highest BCUT2D eigenvalue weighted by Gasteiger charge is 2.40. The third-order valence-electron chi connectivity index (χ3n) is 3.63. The van der Waals surface area contributed by atoms with Gasteiger partial charge in [0, 0.05) is 13.2 Å². The van der Waals surface area contributed by atoms with Crippen LogP contribution in [0.15, 0.2) is 60.0 Å². The van der Waals surface area contributed by atoms with Crippen molar-refractivity contribution in [2.45, 2.75) is 6.18 Å². The lowest BCUT2D eigenvalue weighted by Crippen LogP contribution is -2.23. The van der Waals surface area contributed by atoms with Crippen LogP contribution in [0.1, 0.15) is 21.7 Å². The van der Waals surface area contributed by atoms with Crippen LogP contribution in [0.5, 0.6) is 0 Å². The van der Waals surface area contributed by atoms with Crippen molar-refractivity contribution in [3.63, 3.8) is 0 Å². The Morgan fingerprint density at radius 3 is 2.54 bits per heavy atom. The predicted octanol–water partition coefficient (Wildman–Crippen LogP) is 2.99. The van der Waals surface area contributed by atoms with Gasteiger partial charge in [-0.3, -0.25) is 4.79 Å². The van der Waals surface area contributed by atoms with Crippen LogP contribution < -0.4 is 5.43 Å². The number of aromatic nitrogens is 3. The molecule has 26 heavy (non-hydrogen) atoms. The van der Waals surface area contributed by atoms with Crippen LogP contribution in [0.25, 0.3) is 5.69 Å². The molecule has 0 bridgehead atoms. The number of carbonyl (C=O) groups excluding carboxylic acids is 1. The highest BCUT2D eigenvalue weighted by molar-refractivity contribution is 5.96. The first kappa shape index (κ1) is 17.5.